The van der Waals surface area contributed by atoms with Crippen LogP contribution in [0.5, 0.6) is 0 Å². The molecule has 0 bridgehead atoms. The summed E-state index contributed by atoms with van der Waals surface area (Å²) in [5.41, 5.74) is 4.49. The Hall–Kier alpha value is -4.05. The molecule has 0 atom stereocenters. The van der Waals surface area contributed by atoms with Crippen molar-refractivity contribution in [3.63, 3.8) is 0 Å². The molecule has 4 heterocycles. The van der Waals surface area contributed by atoms with Crippen molar-refractivity contribution in [1.82, 2.24) is 35.0 Å². The number of aryl methyl sites for hydroxylation is 1. The van der Waals surface area contributed by atoms with Crippen molar-refractivity contribution in [1.29, 1.82) is 0 Å². The molecule has 0 spiro atoms. The smallest absolute Gasteiger partial charge is 0.235 e. The molecule has 9 nitrogen and oxygen atoms in total. The minimum atomic E-state index is 0.511. The van der Waals surface area contributed by atoms with Gasteiger partial charge >= 0.3 is 0 Å². The van der Waals surface area contributed by atoms with Gasteiger partial charge in [0.15, 0.2) is 0 Å². The van der Waals surface area contributed by atoms with Crippen LogP contribution in [0.25, 0.3) is 39.5 Å². The lowest BCUT2D eigenvalue weighted by Crippen LogP contribution is -2.14. The number of hydrogen-bond donors (Lipinski definition) is 1. The van der Waals surface area contributed by atoms with Crippen molar-refractivity contribution in [2.24, 2.45) is 0 Å². The Morgan fingerprint density at radius 3 is 2.76 bits per heavy atom. The number of nitrogens with one attached hydrogen (secondary N) is 1. The molecule has 0 aliphatic carbocycles. The minimum Gasteiger partial charge on any atom is -0.455 e. The number of furan rings is 1. The van der Waals surface area contributed by atoms with E-state index >= 15 is 0 Å². The van der Waals surface area contributed by atoms with E-state index in [4.69, 9.17) is 4.42 Å². The van der Waals surface area contributed by atoms with Crippen molar-refractivity contribution in [2.75, 3.05) is 11.9 Å². The zero-order valence-corrected chi connectivity index (χ0v) is 20.0. The molecule has 2 aromatic carbocycles. The van der Waals surface area contributed by atoms with Crippen molar-refractivity contribution < 1.29 is 4.42 Å². The molecule has 0 saturated heterocycles. The standard InChI is InChI=1S/C24H19BrN8O/c1-3-14-12-20(33-11-10-26-24(33)27-14)32(2)15-8-9-19-18(13-15)21(25)22(34-19)16-6-4-5-7-17(16)23-28-30-31-29-23/h4-13H,3H2,1-2H3,(H,28,29,30,31). The molecule has 1 N–H and O–H groups in total. The van der Waals surface area contributed by atoms with Crippen molar-refractivity contribution in [2.45, 2.75) is 13.3 Å². The summed E-state index contributed by atoms with van der Waals surface area (Å²) in [6, 6.07) is 16.1. The first-order chi connectivity index (χ1) is 16.6. The fourth-order valence-corrected chi connectivity index (χ4v) is 4.70. The minimum absolute atomic E-state index is 0.511. The zero-order chi connectivity index (χ0) is 23.2. The SMILES string of the molecule is CCc1cc(N(C)c2ccc3oc(-c4ccccc4-c4nn[nH]n4)c(Br)c3c2)n2ccnc2n1. The lowest BCUT2D eigenvalue weighted by molar-refractivity contribution is 0.630. The number of tetrazole rings is 1. The van der Waals surface area contributed by atoms with Gasteiger partial charge in [0.05, 0.1) is 4.47 Å². The Kier molecular flexibility index (Phi) is 4.88. The van der Waals surface area contributed by atoms with Gasteiger partial charge in [0.2, 0.25) is 11.6 Å². The molecular weight excluding hydrogens is 496 g/mol. The Balaban J connectivity index is 1.47. The predicted octanol–water partition coefficient (Wildman–Crippen LogP) is 5.42. The number of rotatable bonds is 5. The predicted molar refractivity (Wildman–Crippen MR) is 133 cm³/mol. The first kappa shape index (κ1) is 20.5. The number of aromatic amines is 1. The quantitative estimate of drug-likeness (QED) is 0.327. The topological polar surface area (TPSA) is 101 Å². The molecule has 6 aromatic rings. The second kappa shape index (κ2) is 8.07. The van der Waals surface area contributed by atoms with Gasteiger partial charge in [-0.15, -0.1) is 10.2 Å². The lowest BCUT2D eigenvalue weighted by atomic mass is 10.0. The fourth-order valence-electron chi connectivity index (χ4n) is 4.10. The molecule has 6 rings (SSSR count). The van der Waals surface area contributed by atoms with Crippen molar-refractivity contribution in [3.05, 3.63) is 71.1 Å². The zero-order valence-electron chi connectivity index (χ0n) is 18.4. The van der Waals surface area contributed by atoms with Gasteiger partial charge in [0, 0.05) is 53.4 Å². The number of benzene rings is 2. The highest BCUT2D eigenvalue weighted by atomic mass is 79.9. The summed E-state index contributed by atoms with van der Waals surface area (Å²) in [5.74, 6) is 2.90. The van der Waals surface area contributed by atoms with E-state index in [1.54, 1.807) is 6.20 Å². The summed E-state index contributed by atoms with van der Waals surface area (Å²) < 4.78 is 9.13. The summed E-state index contributed by atoms with van der Waals surface area (Å²) in [6.45, 7) is 2.09. The van der Waals surface area contributed by atoms with Gasteiger partial charge < -0.3 is 9.32 Å². The maximum atomic E-state index is 6.28. The number of H-pyrrole nitrogens is 1. The van der Waals surface area contributed by atoms with Gasteiger partial charge in [-0.25, -0.2) is 9.97 Å². The Bertz CT molecular complexity index is 1640. The summed E-state index contributed by atoms with van der Waals surface area (Å²) >= 11 is 3.78. The van der Waals surface area contributed by atoms with Crippen LogP contribution < -0.4 is 4.90 Å². The number of hydrogen-bond acceptors (Lipinski definition) is 7. The second-order valence-electron chi connectivity index (χ2n) is 7.82. The Morgan fingerprint density at radius 1 is 1.12 bits per heavy atom. The number of nitrogens with zero attached hydrogens (tertiary/aromatic N) is 7. The molecule has 0 amide bonds. The molecule has 0 radical (unpaired) electrons. The van der Waals surface area contributed by atoms with Gasteiger partial charge in [0.25, 0.3) is 0 Å². The molecule has 4 aromatic heterocycles. The van der Waals surface area contributed by atoms with Crippen LogP contribution in [0.15, 0.2) is 69.8 Å². The highest BCUT2D eigenvalue weighted by Crippen LogP contribution is 2.42. The molecule has 0 saturated carbocycles. The van der Waals surface area contributed by atoms with Crippen LogP contribution in [-0.4, -0.2) is 42.0 Å². The lowest BCUT2D eigenvalue weighted by Gasteiger charge is -2.21. The van der Waals surface area contributed by atoms with Crippen LogP contribution in [0.1, 0.15) is 12.6 Å². The van der Waals surface area contributed by atoms with E-state index in [9.17, 15) is 0 Å². The van der Waals surface area contributed by atoms with Crippen LogP contribution in [0, 0.1) is 0 Å². The number of fused-ring (bicyclic) bond motifs is 2. The fraction of sp³-hybridized carbons (Fsp3) is 0.125. The van der Waals surface area contributed by atoms with E-state index < -0.39 is 0 Å². The molecule has 0 unspecified atom stereocenters. The third-order valence-electron chi connectivity index (χ3n) is 5.87. The van der Waals surface area contributed by atoms with Crippen LogP contribution >= 0.6 is 15.9 Å². The van der Waals surface area contributed by atoms with E-state index in [-0.39, 0.29) is 0 Å². The first-order valence-electron chi connectivity index (χ1n) is 10.8. The molecule has 34 heavy (non-hydrogen) atoms. The van der Waals surface area contributed by atoms with Gasteiger partial charge in [-0.05, 0) is 45.8 Å². The van der Waals surface area contributed by atoms with E-state index in [0.717, 1.165) is 50.2 Å². The van der Waals surface area contributed by atoms with E-state index in [2.05, 4.69) is 70.5 Å². The molecule has 168 valence electrons. The summed E-state index contributed by atoms with van der Waals surface area (Å²) in [7, 11) is 2.04. The summed E-state index contributed by atoms with van der Waals surface area (Å²) in [5, 5.41) is 15.4. The van der Waals surface area contributed by atoms with Crippen molar-refractivity contribution in [3.8, 4) is 22.7 Å². The molecule has 10 heteroatoms. The average molecular weight is 515 g/mol. The van der Waals surface area contributed by atoms with Crippen LogP contribution in [0.2, 0.25) is 0 Å². The monoisotopic (exact) mass is 514 g/mol. The number of anilines is 2. The van der Waals surface area contributed by atoms with E-state index in [1.165, 1.54) is 0 Å². The molecule has 0 aliphatic heterocycles. The van der Waals surface area contributed by atoms with Gasteiger partial charge in [-0.2, -0.15) is 5.21 Å². The van der Waals surface area contributed by atoms with Gasteiger partial charge in [-0.3, -0.25) is 4.40 Å². The first-order valence-corrected chi connectivity index (χ1v) is 11.6. The number of imidazole rings is 1. The number of aromatic nitrogens is 7. The van der Waals surface area contributed by atoms with Gasteiger partial charge in [-0.1, -0.05) is 31.2 Å². The molecular formula is C24H19BrN8O. The summed E-state index contributed by atoms with van der Waals surface area (Å²) in [6.07, 6.45) is 4.52. The third kappa shape index (κ3) is 3.26. The average Bonchev–Trinajstić information content (AvgIpc) is 3.63. The van der Waals surface area contributed by atoms with Crippen LogP contribution in [0.3, 0.4) is 0 Å². The highest BCUT2D eigenvalue weighted by Gasteiger charge is 2.20. The normalized spacial score (nSPS) is 11.5. The Morgan fingerprint density at radius 2 is 1.97 bits per heavy atom. The largest absolute Gasteiger partial charge is 0.455 e. The number of halogens is 1. The van der Waals surface area contributed by atoms with Crippen LogP contribution in [0.4, 0.5) is 11.5 Å². The molecule has 0 fully saturated rings. The van der Waals surface area contributed by atoms with Gasteiger partial charge in [0.1, 0.15) is 17.2 Å². The van der Waals surface area contributed by atoms with E-state index in [1.807, 2.05) is 54.0 Å². The maximum absolute atomic E-state index is 6.28. The maximum Gasteiger partial charge on any atom is 0.235 e. The van der Waals surface area contributed by atoms with E-state index in [0.29, 0.717) is 17.4 Å². The summed E-state index contributed by atoms with van der Waals surface area (Å²) in [4.78, 5) is 11.1. The Labute approximate surface area is 202 Å². The highest BCUT2D eigenvalue weighted by molar-refractivity contribution is 9.10. The van der Waals surface area contributed by atoms with Crippen molar-refractivity contribution >= 4 is 44.2 Å². The second-order valence-corrected chi connectivity index (χ2v) is 8.62. The molecule has 0 aliphatic rings. The third-order valence-corrected chi connectivity index (χ3v) is 6.66. The van der Waals surface area contributed by atoms with Crippen LogP contribution in [-0.2, 0) is 6.42 Å².